The summed E-state index contributed by atoms with van der Waals surface area (Å²) in [7, 11) is 1.39. The molecule has 0 aliphatic heterocycles. The van der Waals surface area contributed by atoms with E-state index in [1.165, 1.54) is 18.4 Å². The molecule has 3 nitrogen and oxygen atoms in total. The molecule has 1 heterocycles. The summed E-state index contributed by atoms with van der Waals surface area (Å²) in [5.74, 6) is -0.294. The second-order valence-electron chi connectivity index (χ2n) is 3.63. The Morgan fingerprint density at radius 2 is 2.22 bits per heavy atom. The molecule has 0 saturated heterocycles. The van der Waals surface area contributed by atoms with E-state index in [1.807, 2.05) is 41.8 Å². The van der Waals surface area contributed by atoms with Gasteiger partial charge in [0, 0.05) is 15.0 Å². The third-order valence-corrected chi connectivity index (χ3v) is 3.83. The zero-order valence-electron chi connectivity index (χ0n) is 9.72. The molecule has 1 aromatic heterocycles. The lowest BCUT2D eigenvalue weighted by atomic mass is 10.2. The summed E-state index contributed by atoms with van der Waals surface area (Å²) < 4.78 is 5.79. The van der Waals surface area contributed by atoms with Gasteiger partial charge in [0.1, 0.15) is 0 Å². The summed E-state index contributed by atoms with van der Waals surface area (Å²) in [4.78, 5) is 12.7. The van der Waals surface area contributed by atoms with Crippen LogP contribution in [-0.2, 0) is 9.53 Å². The maximum atomic E-state index is 11.8. The maximum absolute atomic E-state index is 11.8. The van der Waals surface area contributed by atoms with Crippen LogP contribution in [0.2, 0.25) is 0 Å². The molecule has 0 radical (unpaired) electrons. The number of anilines is 1. The van der Waals surface area contributed by atoms with Crippen LogP contribution in [0.3, 0.4) is 0 Å². The molecule has 0 bridgehead atoms. The molecule has 0 amide bonds. The predicted octanol–water partition coefficient (Wildman–Crippen LogP) is 3.84. The number of ether oxygens (including phenoxy) is 1. The van der Waals surface area contributed by atoms with Crippen LogP contribution in [0.5, 0.6) is 0 Å². The summed E-state index contributed by atoms with van der Waals surface area (Å²) in [6, 6.07) is 11.0. The highest BCUT2D eigenvalue weighted by molar-refractivity contribution is 9.10. The van der Waals surface area contributed by atoms with E-state index in [1.54, 1.807) is 0 Å². The Bertz CT molecular complexity index is 528. The molecule has 2 aromatic rings. The molecule has 0 spiro atoms. The van der Waals surface area contributed by atoms with Gasteiger partial charge in [0.05, 0.1) is 7.11 Å². The van der Waals surface area contributed by atoms with Gasteiger partial charge in [-0.05, 0) is 29.6 Å². The van der Waals surface area contributed by atoms with Crippen molar-refractivity contribution in [3.05, 3.63) is 51.1 Å². The van der Waals surface area contributed by atoms with Gasteiger partial charge in [0.25, 0.3) is 0 Å². The van der Waals surface area contributed by atoms with Crippen LogP contribution in [0.1, 0.15) is 10.9 Å². The minimum absolute atomic E-state index is 0.294. The van der Waals surface area contributed by atoms with Gasteiger partial charge in [-0.15, -0.1) is 11.3 Å². The fourth-order valence-corrected chi connectivity index (χ4v) is 2.73. The molecule has 18 heavy (non-hydrogen) atoms. The van der Waals surface area contributed by atoms with Crippen molar-refractivity contribution in [2.45, 2.75) is 6.04 Å². The zero-order chi connectivity index (χ0) is 13.0. The molecule has 0 fully saturated rings. The molecule has 0 aliphatic carbocycles. The largest absolute Gasteiger partial charge is 0.467 e. The van der Waals surface area contributed by atoms with E-state index in [9.17, 15) is 4.79 Å². The zero-order valence-corrected chi connectivity index (χ0v) is 12.1. The molecule has 2 rings (SSSR count). The first kappa shape index (κ1) is 13.1. The van der Waals surface area contributed by atoms with Gasteiger partial charge in [-0.3, -0.25) is 0 Å². The van der Waals surface area contributed by atoms with Crippen molar-refractivity contribution in [2.24, 2.45) is 0 Å². The van der Waals surface area contributed by atoms with Crippen LogP contribution in [0.25, 0.3) is 0 Å². The fraction of sp³-hybridized carbons (Fsp3) is 0.154. The SMILES string of the molecule is COC(=O)C(Nc1cccc(Br)c1)c1cccs1. The minimum atomic E-state index is -0.468. The van der Waals surface area contributed by atoms with Gasteiger partial charge < -0.3 is 10.1 Å². The highest BCUT2D eigenvalue weighted by Crippen LogP contribution is 2.26. The Morgan fingerprint density at radius 1 is 1.39 bits per heavy atom. The normalized spacial score (nSPS) is 11.9. The van der Waals surface area contributed by atoms with E-state index in [0.29, 0.717) is 0 Å². The number of hydrogen-bond acceptors (Lipinski definition) is 4. The fourth-order valence-electron chi connectivity index (χ4n) is 1.56. The molecule has 5 heteroatoms. The van der Waals surface area contributed by atoms with Crippen molar-refractivity contribution in [3.63, 3.8) is 0 Å². The molecule has 1 atom stereocenters. The quantitative estimate of drug-likeness (QED) is 0.868. The standard InChI is InChI=1S/C13H12BrNO2S/c1-17-13(16)12(11-6-3-7-18-11)15-10-5-2-4-9(14)8-10/h2-8,12,15H,1H3. The number of esters is 1. The average molecular weight is 326 g/mol. The Labute approximate surface area is 118 Å². The third-order valence-electron chi connectivity index (χ3n) is 2.40. The summed E-state index contributed by atoms with van der Waals surface area (Å²) in [6.45, 7) is 0. The summed E-state index contributed by atoms with van der Waals surface area (Å²) in [6.07, 6.45) is 0. The van der Waals surface area contributed by atoms with Gasteiger partial charge >= 0.3 is 5.97 Å². The number of carbonyl (C=O) groups excluding carboxylic acids is 1. The van der Waals surface area contributed by atoms with E-state index in [0.717, 1.165) is 15.0 Å². The lowest BCUT2D eigenvalue weighted by Crippen LogP contribution is -2.21. The van der Waals surface area contributed by atoms with Crippen molar-refractivity contribution >= 4 is 38.9 Å². The van der Waals surface area contributed by atoms with E-state index >= 15 is 0 Å². The second kappa shape index (κ2) is 6.02. The molecular formula is C13H12BrNO2S. The first-order valence-corrected chi connectivity index (χ1v) is 7.01. The van der Waals surface area contributed by atoms with Crippen molar-refractivity contribution < 1.29 is 9.53 Å². The van der Waals surface area contributed by atoms with E-state index in [2.05, 4.69) is 21.2 Å². The van der Waals surface area contributed by atoms with Crippen LogP contribution in [0, 0.1) is 0 Å². The van der Waals surface area contributed by atoms with Crippen LogP contribution in [-0.4, -0.2) is 13.1 Å². The molecule has 1 unspecified atom stereocenters. The maximum Gasteiger partial charge on any atom is 0.333 e. The number of benzene rings is 1. The Kier molecular flexibility index (Phi) is 4.38. The van der Waals surface area contributed by atoms with E-state index < -0.39 is 6.04 Å². The number of methoxy groups -OCH3 is 1. The third kappa shape index (κ3) is 3.11. The van der Waals surface area contributed by atoms with Crippen molar-refractivity contribution in [3.8, 4) is 0 Å². The van der Waals surface area contributed by atoms with Gasteiger partial charge in [0.2, 0.25) is 0 Å². The van der Waals surface area contributed by atoms with Crippen molar-refractivity contribution in [1.82, 2.24) is 0 Å². The number of thiophene rings is 1. The minimum Gasteiger partial charge on any atom is -0.467 e. The number of halogens is 1. The summed E-state index contributed by atoms with van der Waals surface area (Å²) in [5.41, 5.74) is 0.869. The summed E-state index contributed by atoms with van der Waals surface area (Å²) in [5, 5.41) is 5.12. The lowest BCUT2D eigenvalue weighted by molar-refractivity contribution is -0.141. The molecule has 0 aliphatic rings. The van der Waals surface area contributed by atoms with E-state index in [-0.39, 0.29) is 5.97 Å². The first-order chi connectivity index (χ1) is 8.70. The predicted molar refractivity (Wildman–Crippen MR) is 76.8 cm³/mol. The van der Waals surface area contributed by atoms with Gasteiger partial charge in [-0.25, -0.2) is 4.79 Å². The van der Waals surface area contributed by atoms with E-state index in [4.69, 9.17) is 4.74 Å². The number of nitrogens with one attached hydrogen (secondary N) is 1. The highest BCUT2D eigenvalue weighted by Gasteiger charge is 2.22. The first-order valence-electron chi connectivity index (χ1n) is 5.34. The van der Waals surface area contributed by atoms with Crippen LogP contribution >= 0.6 is 27.3 Å². The van der Waals surface area contributed by atoms with Gasteiger partial charge in [-0.2, -0.15) is 0 Å². The summed E-state index contributed by atoms with van der Waals surface area (Å²) >= 11 is 4.92. The molecule has 0 saturated carbocycles. The van der Waals surface area contributed by atoms with Crippen LogP contribution in [0.4, 0.5) is 5.69 Å². The second-order valence-corrected chi connectivity index (χ2v) is 5.52. The van der Waals surface area contributed by atoms with Crippen LogP contribution in [0.15, 0.2) is 46.3 Å². The topological polar surface area (TPSA) is 38.3 Å². The average Bonchev–Trinajstić information content (AvgIpc) is 2.89. The number of carbonyl (C=O) groups is 1. The van der Waals surface area contributed by atoms with Crippen molar-refractivity contribution in [1.29, 1.82) is 0 Å². The molecule has 1 aromatic carbocycles. The lowest BCUT2D eigenvalue weighted by Gasteiger charge is -2.16. The smallest absolute Gasteiger partial charge is 0.333 e. The highest BCUT2D eigenvalue weighted by atomic mass is 79.9. The number of rotatable bonds is 4. The van der Waals surface area contributed by atoms with Gasteiger partial charge in [-0.1, -0.05) is 28.1 Å². The van der Waals surface area contributed by atoms with Crippen LogP contribution < -0.4 is 5.32 Å². The monoisotopic (exact) mass is 325 g/mol. The molecule has 1 N–H and O–H groups in total. The Hall–Kier alpha value is -1.33. The van der Waals surface area contributed by atoms with Crippen molar-refractivity contribution in [2.75, 3.05) is 12.4 Å². The molecule has 94 valence electrons. The molecular weight excluding hydrogens is 314 g/mol. The number of hydrogen-bond donors (Lipinski definition) is 1. The Balaban J connectivity index is 2.23. The van der Waals surface area contributed by atoms with Gasteiger partial charge in [0.15, 0.2) is 6.04 Å². The Morgan fingerprint density at radius 3 is 2.83 bits per heavy atom.